The Morgan fingerprint density at radius 2 is 1.95 bits per heavy atom. The zero-order valence-electron chi connectivity index (χ0n) is 12.3. The Balaban J connectivity index is 1.81. The molecular formula is C15H24N2O3. The molecule has 20 heavy (non-hydrogen) atoms. The molecule has 0 amide bonds. The van der Waals surface area contributed by atoms with E-state index in [2.05, 4.69) is 16.8 Å². The molecule has 5 nitrogen and oxygen atoms in total. The van der Waals surface area contributed by atoms with Gasteiger partial charge in [-0.25, -0.2) is 0 Å². The number of hydrogen-bond donors (Lipinski definition) is 1. The molecule has 1 N–H and O–H groups in total. The summed E-state index contributed by atoms with van der Waals surface area (Å²) in [5.41, 5.74) is 0.766. The molecule has 0 saturated carbocycles. The number of rotatable bonds is 6. The third-order valence-electron chi connectivity index (χ3n) is 3.70. The topological polar surface area (TPSA) is 45.2 Å². The molecule has 0 aromatic heterocycles. The lowest BCUT2D eigenvalue weighted by Gasteiger charge is -2.32. The van der Waals surface area contributed by atoms with E-state index in [1.807, 2.05) is 18.2 Å². The van der Waals surface area contributed by atoms with Crippen LogP contribution < -0.4 is 9.47 Å². The van der Waals surface area contributed by atoms with Gasteiger partial charge in [0.15, 0.2) is 0 Å². The maximum atomic E-state index is 9.36. The van der Waals surface area contributed by atoms with E-state index >= 15 is 0 Å². The fourth-order valence-electron chi connectivity index (χ4n) is 2.30. The Labute approximate surface area is 120 Å². The SMILES string of the molecule is COc1ccc(OCCN2CCN(C)CC2)c(CO)c1. The maximum Gasteiger partial charge on any atom is 0.125 e. The average Bonchev–Trinajstić information content (AvgIpc) is 2.49. The number of likely N-dealkylation sites (N-methyl/N-ethyl adjacent to an activating group) is 1. The van der Waals surface area contributed by atoms with Gasteiger partial charge in [-0.3, -0.25) is 4.90 Å². The molecular weight excluding hydrogens is 256 g/mol. The second kappa shape index (κ2) is 7.47. The second-order valence-corrected chi connectivity index (χ2v) is 5.13. The average molecular weight is 280 g/mol. The lowest BCUT2D eigenvalue weighted by Crippen LogP contribution is -2.45. The van der Waals surface area contributed by atoms with Crippen molar-refractivity contribution in [2.75, 3.05) is 53.5 Å². The minimum absolute atomic E-state index is 0.0406. The lowest BCUT2D eigenvalue weighted by molar-refractivity contribution is 0.133. The molecule has 1 heterocycles. The first-order valence-electron chi connectivity index (χ1n) is 7.04. The summed E-state index contributed by atoms with van der Waals surface area (Å²) in [5.74, 6) is 1.47. The van der Waals surface area contributed by atoms with Gasteiger partial charge in [-0.1, -0.05) is 0 Å². The van der Waals surface area contributed by atoms with Crippen molar-refractivity contribution in [1.29, 1.82) is 0 Å². The van der Waals surface area contributed by atoms with Gasteiger partial charge < -0.3 is 19.5 Å². The number of nitrogens with zero attached hydrogens (tertiary/aromatic N) is 2. The monoisotopic (exact) mass is 280 g/mol. The van der Waals surface area contributed by atoms with Gasteiger partial charge in [-0.15, -0.1) is 0 Å². The van der Waals surface area contributed by atoms with Gasteiger partial charge in [0.1, 0.15) is 18.1 Å². The minimum Gasteiger partial charge on any atom is -0.497 e. The van der Waals surface area contributed by atoms with E-state index in [-0.39, 0.29) is 6.61 Å². The first-order chi connectivity index (χ1) is 9.72. The summed E-state index contributed by atoms with van der Waals surface area (Å²) in [4.78, 5) is 4.74. The third kappa shape index (κ3) is 4.10. The van der Waals surface area contributed by atoms with Crippen LogP contribution in [0.1, 0.15) is 5.56 Å². The molecule has 0 radical (unpaired) electrons. The van der Waals surface area contributed by atoms with Crippen LogP contribution in [0.15, 0.2) is 18.2 Å². The number of hydrogen-bond acceptors (Lipinski definition) is 5. The molecule has 0 unspecified atom stereocenters. The Kier molecular flexibility index (Phi) is 5.64. The van der Waals surface area contributed by atoms with Gasteiger partial charge in [-0.05, 0) is 25.2 Å². The van der Waals surface area contributed by atoms with Crippen molar-refractivity contribution in [3.05, 3.63) is 23.8 Å². The molecule has 1 aromatic carbocycles. The van der Waals surface area contributed by atoms with Crippen molar-refractivity contribution >= 4 is 0 Å². The number of aliphatic hydroxyl groups excluding tert-OH is 1. The number of aliphatic hydroxyl groups is 1. The van der Waals surface area contributed by atoms with Gasteiger partial charge in [0.2, 0.25) is 0 Å². The van der Waals surface area contributed by atoms with Gasteiger partial charge >= 0.3 is 0 Å². The van der Waals surface area contributed by atoms with E-state index in [0.29, 0.717) is 6.61 Å². The van der Waals surface area contributed by atoms with E-state index in [0.717, 1.165) is 49.8 Å². The van der Waals surface area contributed by atoms with Crippen molar-refractivity contribution < 1.29 is 14.6 Å². The molecule has 112 valence electrons. The van der Waals surface area contributed by atoms with E-state index in [1.165, 1.54) is 0 Å². The Morgan fingerprint density at radius 3 is 2.60 bits per heavy atom. The van der Waals surface area contributed by atoms with Crippen molar-refractivity contribution in [3.63, 3.8) is 0 Å². The van der Waals surface area contributed by atoms with E-state index in [9.17, 15) is 5.11 Å². The fraction of sp³-hybridized carbons (Fsp3) is 0.600. The van der Waals surface area contributed by atoms with Crippen LogP contribution in [0.3, 0.4) is 0 Å². The number of piperazine rings is 1. The van der Waals surface area contributed by atoms with Crippen molar-refractivity contribution in [2.24, 2.45) is 0 Å². The zero-order valence-corrected chi connectivity index (χ0v) is 12.3. The van der Waals surface area contributed by atoms with E-state index in [4.69, 9.17) is 9.47 Å². The summed E-state index contributed by atoms with van der Waals surface area (Å²) in [6.45, 7) is 5.94. The highest BCUT2D eigenvalue weighted by molar-refractivity contribution is 5.39. The molecule has 0 aliphatic carbocycles. The summed E-state index contributed by atoms with van der Waals surface area (Å²) >= 11 is 0. The van der Waals surface area contributed by atoms with Crippen LogP contribution in [-0.2, 0) is 6.61 Å². The van der Waals surface area contributed by atoms with Gasteiger partial charge in [0, 0.05) is 38.3 Å². The molecule has 1 aliphatic rings. The van der Waals surface area contributed by atoms with Crippen LogP contribution in [0.2, 0.25) is 0 Å². The van der Waals surface area contributed by atoms with Crippen molar-refractivity contribution in [1.82, 2.24) is 9.80 Å². The predicted octanol–water partition coefficient (Wildman–Crippen LogP) is 0.814. The standard InChI is InChI=1S/C15H24N2O3/c1-16-5-7-17(8-6-16)9-10-20-15-4-3-14(19-2)11-13(15)12-18/h3-4,11,18H,5-10,12H2,1-2H3. The number of ether oxygens (including phenoxy) is 2. The largest absolute Gasteiger partial charge is 0.497 e. The quantitative estimate of drug-likeness (QED) is 0.835. The molecule has 5 heteroatoms. The summed E-state index contributed by atoms with van der Waals surface area (Å²) in [6, 6.07) is 5.52. The number of benzene rings is 1. The summed E-state index contributed by atoms with van der Waals surface area (Å²) < 4.78 is 10.9. The van der Waals surface area contributed by atoms with Crippen LogP contribution in [0.25, 0.3) is 0 Å². The first-order valence-corrected chi connectivity index (χ1v) is 7.04. The Morgan fingerprint density at radius 1 is 1.20 bits per heavy atom. The lowest BCUT2D eigenvalue weighted by atomic mass is 10.2. The third-order valence-corrected chi connectivity index (χ3v) is 3.70. The van der Waals surface area contributed by atoms with Crippen LogP contribution in [0, 0.1) is 0 Å². The van der Waals surface area contributed by atoms with Crippen LogP contribution in [0.5, 0.6) is 11.5 Å². The Bertz CT molecular complexity index is 418. The fourth-order valence-corrected chi connectivity index (χ4v) is 2.30. The van der Waals surface area contributed by atoms with E-state index < -0.39 is 0 Å². The Hall–Kier alpha value is -1.30. The van der Waals surface area contributed by atoms with Gasteiger partial charge in [0.25, 0.3) is 0 Å². The van der Waals surface area contributed by atoms with Crippen molar-refractivity contribution in [2.45, 2.75) is 6.61 Å². The molecule has 1 aromatic rings. The maximum absolute atomic E-state index is 9.36. The summed E-state index contributed by atoms with van der Waals surface area (Å²) in [5, 5.41) is 9.36. The molecule has 1 saturated heterocycles. The highest BCUT2D eigenvalue weighted by Crippen LogP contribution is 2.24. The van der Waals surface area contributed by atoms with Crippen LogP contribution in [0.4, 0.5) is 0 Å². The first kappa shape index (κ1) is 15.1. The minimum atomic E-state index is -0.0406. The second-order valence-electron chi connectivity index (χ2n) is 5.13. The normalized spacial score (nSPS) is 17.1. The molecule has 0 spiro atoms. The molecule has 0 atom stereocenters. The molecule has 1 aliphatic heterocycles. The highest BCUT2D eigenvalue weighted by Gasteiger charge is 2.13. The highest BCUT2D eigenvalue weighted by atomic mass is 16.5. The summed E-state index contributed by atoms with van der Waals surface area (Å²) in [7, 11) is 3.77. The molecule has 2 rings (SSSR count). The smallest absolute Gasteiger partial charge is 0.125 e. The van der Waals surface area contributed by atoms with Gasteiger partial charge in [0.05, 0.1) is 13.7 Å². The zero-order chi connectivity index (χ0) is 14.4. The molecule has 0 bridgehead atoms. The number of methoxy groups -OCH3 is 1. The predicted molar refractivity (Wildman–Crippen MR) is 78.3 cm³/mol. The molecule has 1 fully saturated rings. The van der Waals surface area contributed by atoms with Crippen LogP contribution >= 0.6 is 0 Å². The van der Waals surface area contributed by atoms with Gasteiger partial charge in [-0.2, -0.15) is 0 Å². The van der Waals surface area contributed by atoms with Crippen molar-refractivity contribution in [3.8, 4) is 11.5 Å². The van der Waals surface area contributed by atoms with E-state index in [1.54, 1.807) is 7.11 Å². The summed E-state index contributed by atoms with van der Waals surface area (Å²) in [6.07, 6.45) is 0. The van der Waals surface area contributed by atoms with Crippen LogP contribution in [-0.4, -0.2) is 68.4 Å².